The van der Waals surface area contributed by atoms with Crippen LogP contribution in [0.1, 0.15) is 23.0 Å². The number of imidazole rings is 1. The van der Waals surface area contributed by atoms with E-state index in [4.69, 9.17) is 4.74 Å². The van der Waals surface area contributed by atoms with Crippen LogP contribution in [-0.2, 0) is 11.3 Å². The minimum atomic E-state index is -0.224. The third-order valence-electron chi connectivity index (χ3n) is 5.61. The molecule has 1 unspecified atom stereocenters. The molecule has 1 saturated heterocycles. The zero-order chi connectivity index (χ0) is 21.6. The summed E-state index contributed by atoms with van der Waals surface area (Å²) >= 11 is 0. The van der Waals surface area contributed by atoms with Gasteiger partial charge in [-0.1, -0.05) is 18.2 Å². The molecule has 1 aromatic carbocycles. The Hall–Kier alpha value is -2.97. The van der Waals surface area contributed by atoms with Crippen molar-refractivity contribution >= 4 is 11.6 Å². The molecule has 4 rings (SSSR count). The van der Waals surface area contributed by atoms with Crippen LogP contribution in [0.4, 0.5) is 4.39 Å². The number of nitrogens with one attached hydrogen (secondary N) is 2. The van der Waals surface area contributed by atoms with Gasteiger partial charge in [0.1, 0.15) is 11.5 Å². The normalized spacial score (nSPS) is 16.4. The molecule has 2 N–H and O–H groups in total. The van der Waals surface area contributed by atoms with Crippen LogP contribution in [-0.4, -0.2) is 60.1 Å². The number of hydrogen-bond donors (Lipinski definition) is 2. The summed E-state index contributed by atoms with van der Waals surface area (Å²) in [5.74, 6) is 0.478. The number of benzene rings is 1. The van der Waals surface area contributed by atoms with E-state index in [-0.39, 0.29) is 11.9 Å². The van der Waals surface area contributed by atoms with Gasteiger partial charge in [0.15, 0.2) is 5.96 Å². The Bertz CT molecular complexity index is 1030. The van der Waals surface area contributed by atoms with Crippen LogP contribution in [0.15, 0.2) is 53.7 Å². The standard InChI is InChI=1S/C23H29FN6O/c1-17-4-3-5-22-28-20(16-30(17)22)14-26-23(25-2)27-15-21(29-10-12-31-13-11-29)18-6-8-19(24)9-7-18/h3-9,16,21H,10-15H2,1-2H3,(H2,25,26,27). The number of aromatic nitrogens is 2. The molecule has 1 fully saturated rings. The highest BCUT2D eigenvalue weighted by Crippen LogP contribution is 2.21. The second-order valence-corrected chi connectivity index (χ2v) is 7.65. The Morgan fingerprint density at radius 1 is 1.16 bits per heavy atom. The lowest BCUT2D eigenvalue weighted by Crippen LogP contribution is -2.46. The predicted octanol–water partition coefficient (Wildman–Crippen LogP) is 2.52. The van der Waals surface area contributed by atoms with E-state index in [1.165, 1.54) is 12.1 Å². The Morgan fingerprint density at radius 3 is 2.65 bits per heavy atom. The second kappa shape index (κ2) is 9.89. The topological polar surface area (TPSA) is 66.2 Å². The molecule has 3 aromatic rings. The van der Waals surface area contributed by atoms with Gasteiger partial charge in [0.05, 0.1) is 31.5 Å². The maximum atomic E-state index is 13.4. The van der Waals surface area contributed by atoms with E-state index in [2.05, 4.69) is 42.9 Å². The van der Waals surface area contributed by atoms with Gasteiger partial charge >= 0.3 is 0 Å². The molecule has 31 heavy (non-hydrogen) atoms. The summed E-state index contributed by atoms with van der Waals surface area (Å²) in [6, 6.07) is 12.9. The minimum Gasteiger partial charge on any atom is -0.379 e. The van der Waals surface area contributed by atoms with Gasteiger partial charge in [-0.15, -0.1) is 0 Å². The quantitative estimate of drug-likeness (QED) is 0.470. The molecule has 2 aromatic heterocycles. The maximum Gasteiger partial charge on any atom is 0.191 e. The smallest absolute Gasteiger partial charge is 0.191 e. The number of pyridine rings is 1. The molecule has 7 nitrogen and oxygen atoms in total. The molecular formula is C23H29FN6O. The van der Waals surface area contributed by atoms with E-state index >= 15 is 0 Å². The lowest BCUT2D eigenvalue weighted by molar-refractivity contribution is 0.0170. The molecule has 8 heteroatoms. The molecule has 0 aliphatic carbocycles. The van der Waals surface area contributed by atoms with E-state index in [0.29, 0.717) is 32.3 Å². The summed E-state index contributed by atoms with van der Waals surface area (Å²) in [5, 5.41) is 6.77. The van der Waals surface area contributed by atoms with Crippen molar-refractivity contribution in [2.24, 2.45) is 4.99 Å². The molecule has 0 bridgehead atoms. The largest absolute Gasteiger partial charge is 0.379 e. The van der Waals surface area contributed by atoms with E-state index < -0.39 is 0 Å². The molecule has 1 aliphatic heterocycles. The number of morpholine rings is 1. The summed E-state index contributed by atoms with van der Waals surface area (Å²) in [5.41, 5.74) is 4.09. The van der Waals surface area contributed by atoms with E-state index in [0.717, 1.165) is 35.7 Å². The van der Waals surface area contributed by atoms with E-state index in [9.17, 15) is 4.39 Å². The third kappa shape index (κ3) is 5.21. The van der Waals surface area contributed by atoms with Crippen molar-refractivity contribution < 1.29 is 9.13 Å². The van der Waals surface area contributed by atoms with Crippen LogP contribution in [0.2, 0.25) is 0 Å². The van der Waals surface area contributed by atoms with Crippen molar-refractivity contribution in [3.63, 3.8) is 0 Å². The Labute approximate surface area is 182 Å². The predicted molar refractivity (Wildman–Crippen MR) is 120 cm³/mol. The highest BCUT2D eigenvalue weighted by molar-refractivity contribution is 5.79. The Kier molecular flexibility index (Phi) is 6.79. The van der Waals surface area contributed by atoms with Crippen LogP contribution in [0.25, 0.3) is 5.65 Å². The fourth-order valence-electron chi connectivity index (χ4n) is 3.90. The zero-order valence-electron chi connectivity index (χ0n) is 18.0. The van der Waals surface area contributed by atoms with Gasteiger partial charge in [0, 0.05) is 38.6 Å². The van der Waals surface area contributed by atoms with E-state index in [1.807, 2.05) is 30.5 Å². The summed E-state index contributed by atoms with van der Waals surface area (Å²) in [7, 11) is 1.75. The van der Waals surface area contributed by atoms with Crippen LogP contribution < -0.4 is 10.6 Å². The highest BCUT2D eigenvalue weighted by atomic mass is 19.1. The maximum absolute atomic E-state index is 13.4. The number of nitrogens with zero attached hydrogens (tertiary/aromatic N) is 4. The molecular weight excluding hydrogens is 395 g/mol. The van der Waals surface area contributed by atoms with Crippen molar-refractivity contribution in [3.8, 4) is 0 Å². The van der Waals surface area contributed by atoms with E-state index in [1.54, 1.807) is 7.05 Å². The van der Waals surface area contributed by atoms with Crippen LogP contribution in [0, 0.1) is 12.7 Å². The number of aryl methyl sites for hydroxylation is 1. The fraction of sp³-hybridized carbons (Fsp3) is 0.391. The Morgan fingerprint density at radius 2 is 1.94 bits per heavy atom. The van der Waals surface area contributed by atoms with Crippen molar-refractivity contribution in [1.29, 1.82) is 0 Å². The number of guanidine groups is 1. The van der Waals surface area contributed by atoms with Gasteiger partial charge in [0.25, 0.3) is 0 Å². The highest BCUT2D eigenvalue weighted by Gasteiger charge is 2.23. The summed E-state index contributed by atoms with van der Waals surface area (Å²) < 4.78 is 21.0. The second-order valence-electron chi connectivity index (χ2n) is 7.65. The molecule has 0 spiro atoms. The van der Waals surface area contributed by atoms with Crippen molar-refractivity contribution in [3.05, 3.63) is 71.4 Å². The molecule has 0 radical (unpaired) electrons. The number of hydrogen-bond acceptors (Lipinski definition) is 4. The SMILES string of the molecule is CN=C(NCc1cn2c(C)cccc2n1)NCC(c1ccc(F)cc1)N1CCOCC1. The first-order valence-corrected chi connectivity index (χ1v) is 10.6. The zero-order valence-corrected chi connectivity index (χ0v) is 18.0. The first-order chi connectivity index (χ1) is 15.1. The van der Waals surface area contributed by atoms with Crippen LogP contribution in [0.5, 0.6) is 0 Å². The average Bonchev–Trinajstić information content (AvgIpc) is 3.22. The molecule has 164 valence electrons. The van der Waals surface area contributed by atoms with Crippen molar-refractivity contribution in [2.75, 3.05) is 39.9 Å². The monoisotopic (exact) mass is 424 g/mol. The van der Waals surface area contributed by atoms with Gasteiger partial charge in [-0.25, -0.2) is 9.37 Å². The summed E-state index contributed by atoms with van der Waals surface area (Å²) in [6.45, 7) is 6.38. The number of fused-ring (bicyclic) bond motifs is 1. The molecule has 0 saturated carbocycles. The minimum absolute atomic E-state index is 0.0980. The van der Waals surface area contributed by atoms with Gasteiger partial charge < -0.3 is 19.8 Å². The van der Waals surface area contributed by atoms with Crippen molar-refractivity contribution in [2.45, 2.75) is 19.5 Å². The first-order valence-electron chi connectivity index (χ1n) is 10.6. The average molecular weight is 425 g/mol. The summed E-state index contributed by atoms with van der Waals surface area (Å²) in [4.78, 5) is 11.4. The van der Waals surface area contributed by atoms with Gasteiger partial charge in [0.2, 0.25) is 0 Å². The summed E-state index contributed by atoms with van der Waals surface area (Å²) in [6.07, 6.45) is 2.04. The number of halogens is 1. The lowest BCUT2D eigenvalue weighted by atomic mass is 10.0. The molecule has 1 aliphatic rings. The van der Waals surface area contributed by atoms with Crippen molar-refractivity contribution in [1.82, 2.24) is 24.9 Å². The van der Waals surface area contributed by atoms with Gasteiger partial charge in [-0.2, -0.15) is 0 Å². The number of rotatable bonds is 6. The fourth-order valence-corrected chi connectivity index (χ4v) is 3.90. The van der Waals surface area contributed by atoms with Crippen LogP contribution >= 0.6 is 0 Å². The number of aliphatic imine (C=N–C) groups is 1. The lowest BCUT2D eigenvalue weighted by Gasteiger charge is -2.35. The first kappa shape index (κ1) is 21.3. The van der Waals surface area contributed by atoms with Gasteiger partial charge in [-0.05, 0) is 36.8 Å². The molecule has 0 amide bonds. The molecule has 1 atom stereocenters. The Balaban J connectivity index is 1.40. The third-order valence-corrected chi connectivity index (χ3v) is 5.61. The van der Waals surface area contributed by atoms with Crippen LogP contribution in [0.3, 0.4) is 0 Å². The molecule has 3 heterocycles. The van der Waals surface area contributed by atoms with Gasteiger partial charge in [-0.3, -0.25) is 9.89 Å². The number of ether oxygens (including phenoxy) is 1.